The molecule has 1 amide bonds. The second-order valence-electron chi connectivity index (χ2n) is 6.48. The van der Waals surface area contributed by atoms with E-state index in [0.29, 0.717) is 38.7 Å². The van der Waals surface area contributed by atoms with Crippen LogP contribution in [0.15, 0.2) is 80.4 Å². The summed E-state index contributed by atoms with van der Waals surface area (Å²) >= 11 is 9.47. The highest BCUT2D eigenvalue weighted by atomic mass is 79.9. The third-order valence-electron chi connectivity index (χ3n) is 4.56. The zero-order chi connectivity index (χ0) is 21.3. The predicted molar refractivity (Wildman–Crippen MR) is 122 cm³/mol. The van der Waals surface area contributed by atoms with Gasteiger partial charge in [0.1, 0.15) is 11.3 Å². The highest BCUT2D eigenvalue weighted by molar-refractivity contribution is 9.10. The molecule has 4 aromatic rings. The van der Waals surface area contributed by atoms with Gasteiger partial charge in [-0.1, -0.05) is 45.7 Å². The third-order valence-corrected chi connectivity index (χ3v) is 5.39. The van der Waals surface area contributed by atoms with Gasteiger partial charge in [0.25, 0.3) is 5.91 Å². The van der Waals surface area contributed by atoms with Gasteiger partial charge in [-0.15, -0.1) is 0 Å². The molecule has 0 spiro atoms. The molecule has 0 fully saturated rings. The number of methoxy groups -OCH3 is 1. The molecule has 4 rings (SSSR count). The van der Waals surface area contributed by atoms with E-state index < -0.39 is 5.63 Å². The van der Waals surface area contributed by atoms with Gasteiger partial charge in [0.2, 0.25) is 0 Å². The van der Waals surface area contributed by atoms with Crippen molar-refractivity contribution in [1.29, 1.82) is 0 Å². The lowest BCUT2D eigenvalue weighted by Gasteiger charge is -2.12. The van der Waals surface area contributed by atoms with E-state index in [1.165, 1.54) is 7.11 Å². The molecule has 0 saturated heterocycles. The summed E-state index contributed by atoms with van der Waals surface area (Å²) in [6, 6.07) is 19.1. The molecular weight excluding hydrogens is 470 g/mol. The summed E-state index contributed by atoms with van der Waals surface area (Å²) in [7, 11) is 1.50. The number of anilines is 1. The molecule has 0 bridgehead atoms. The maximum atomic E-state index is 12.6. The molecule has 0 aliphatic rings. The van der Waals surface area contributed by atoms with Crippen LogP contribution in [-0.2, 0) is 0 Å². The summed E-state index contributed by atoms with van der Waals surface area (Å²) in [6.07, 6.45) is 0. The highest BCUT2D eigenvalue weighted by Crippen LogP contribution is 2.32. The average Bonchev–Trinajstić information content (AvgIpc) is 2.75. The molecule has 1 N–H and O–H groups in total. The monoisotopic (exact) mass is 483 g/mol. The molecule has 0 radical (unpaired) electrons. The first-order valence-corrected chi connectivity index (χ1v) is 10.1. The molecule has 5 nitrogen and oxygen atoms in total. The van der Waals surface area contributed by atoms with Crippen molar-refractivity contribution in [3.63, 3.8) is 0 Å². The summed E-state index contributed by atoms with van der Waals surface area (Å²) in [5.41, 5.74) is 1.82. The molecule has 0 atom stereocenters. The smallest absolute Gasteiger partial charge is 0.344 e. The van der Waals surface area contributed by atoms with Gasteiger partial charge in [-0.3, -0.25) is 4.79 Å². The molecule has 3 aromatic carbocycles. The molecule has 0 aliphatic carbocycles. The zero-order valence-corrected chi connectivity index (χ0v) is 18.1. The highest BCUT2D eigenvalue weighted by Gasteiger charge is 2.16. The van der Waals surface area contributed by atoms with Crippen LogP contribution < -0.4 is 15.7 Å². The molecule has 30 heavy (non-hydrogen) atoms. The van der Waals surface area contributed by atoms with Crippen LogP contribution >= 0.6 is 27.5 Å². The summed E-state index contributed by atoms with van der Waals surface area (Å²) in [5, 5.41) is 3.94. The van der Waals surface area contributed by atoms with Gasteiger partial charge in [-0.2, -0.15) is 0 Å². The number of benzene rings is 3. The Morgan fingerprint density at radius 3 is 2.63 bits per heavy atom. The van der Waals surface area contributed by atoms with Gasteiger partial charge >= 0.3 is 5.63 Å². The number of hydrogen-bond donors (Lipinski definition) is 1. The minimum absolute atomic E-state index is 0.337. The number of carbonyl (C=O) groups excluding carboxylic acids is 1. The number of para-hydroxylation sites is 1. The van der Waals surface area contributed by atoms with Crippen molar-refractivity contribution >= 4 is 50.1 Å². The number of amides is 1. The van der Waals surface area contributed by atoms with Crippen LogP contribution in [0.3, 0.4) is 0 Å². The Bertz CT molecular complexity index is 1330. The van der Waals surface area contributed by atoms with E-state index in [4.69, 9.17) is 20.8 Å². The fourth-order valence-corrected chi connectivity index (χ4v) is 3.68. The maximum Gasteiger partial charge on any atom is 0.344 e. The SMILES string of the molecule is COc1cc(NC(=O)c2cc(Br)ccc2Cl)ccc1-c1cc2ccccc2oc1=O. The summed E-state index contributed by atoms with van der Waals surface area (Å²) < 4.78 is 11.6. The lowest BCUT2D eigenvalue weighted by molar-refractivity contribution is 0.102. The van der Waals surface area contributed by atoms with E-state index in [1.54, 1.807) is 54.6 Å². The van der Waals surface area contributed by atoms with Crippen LogP contribution in [0.5, 0.6) is 5.75 Å². The quantitative estimate of drug-likeness (QED) is 0.353. The van der Waals surface area contributed by atoms with Crippen LogP contribution in [0, 0.1) is 0 Å². The van der Waals surface area contributed by atoms with Crippen LogP contribution in [0.4, 0.5) is 5.69 Å². The van der Waals surface area contributed by atoms with E-state index in [9.17, 15) is 9.59 Å². The molecule has 150 valence electrons. The Kier molecular flexibility index (Phi) is 5.61. The van der Waals surface area contributed by atoms with Crippen molar-refractivity contribution in [2.75, 3.05) is 12.4 Å². The van der Waals surface area contributed by atoms with Crippen molar-refractivity contribution < 1.29 is 13.9 Å². The first-order chi connectivity index (χ1) is 14.5. The number of rotatable bonds is 4. The lowest BCUT2D eigenvalue weighted by atomic mass is 10.0. The van der Waals surface area contributed by atoms with Crippen LogP contribution in [-0.4, -0.2) is 13.0 Å². The van der Waals surface area contributed by atoms with Gasteiger partial charge in [-0.05, 0) is 42.5 Å². The van der Waals surface area contributed by atoms with E-state index in [-0.39, 0.29) is 5.91 Å². The van der Waals surface area contributed by atoms with Crippen molar-refractivity contribution in [1.82, 2.24) is 0 Å². The Balaban J connectivity index is 1.70. The minimum atomic E-state index is -0.468. The number of carbonyl (C=O) groups is 1. The van der Waals surface area contributed by atoms with Gasteiger partial charge in [0, 0.05) is 27.2 Å². The van der Waals surface area contributed by atoms with Gasteiger partial charge in [0.05, 0.1) is 23.3 Å². The van der Waals surface area contributed by atoms with Crippen LogP contribution in [0.25, 0.3) is 22.1 Å². The van der Waals surface area contributed by atoms with Gasteiger partial charge < -0.3 is 14.5 Å². The van der Waals surface area contributed by atoms with Gasteiger partial charge in [0.15, 0.2) is 0 Å². The first kappa shape index (κ1) is 20.2. The van der Waals surface area contributed by atoms with Gasteiger partial charge in [-0.25, -0.2) is 4.79 Å². The third kappa shape index (κ3) is 3.97. The summed E-state index contributed by atoms with van der Waals surface area (Å²) in [4.78, 5) is 25.1. The maximum absolute atomic E-state index is 12.6. The Hall–Kier alpha value is -3.09. The normalized spacial score (nSPS) is 10.8. The number of nitrogens with one attached hydrogen (secondary N) is 1. The van der Waals surface area contributed by atoms with Crippen LogP contribution in [0.1, 0.15) is 10.4 Å². The van der Waals surface area contributed by atoms with Crippen molar-refractivity contribution in [2.24, 2.45) is 0 Å². The predicted octanol–water partition coefficient (Wildman–Crippen LogP) is 6.14. The van der Waals surface area contributed by atoms with E-state index >= 15 is 0 Å². The van der Waals surface area contributed by atoms with Crippen molar-refractivity contribution in [3.8, 4) is 16.9 Å². The second kappa shape index (κ2) is 8.34. The number of halogens is 2. The fraction of sp³-hybridized carbons (Fsp3) is 0.0435. The van der Waals surface area contributed by atoms with E-state index in [1.807, 2.05) is 12.1 Å². The topological polar surface area (TPSA) is 68.5 Å². The molecule has 7 heteroatoms. The van der Waals surface area contributed by atoms with E-state index in [2.05, 4.69) is 21.2 Å². The Morgan fingerprint density at radius 1 is 1.03 bits per heavy atom. The fourth-order valence-electron chi connectivity index (χ4n) is 3.11. The van der Waals surface area contributed by atoms with E-state index in [0.717, 1.165) is 9.86 Å². The number of ether oxygens (including phenoxy) is 1. The first-order valence-electron chi connectivity index (χ1n) is 8.94. The molecule has 1 heterocycles. The lowest BCUT2D eigenvalue weighted by Crippen LogP contribution is -2.13. The number of hydrogen-bond acceptors (Lipinski definition) is 4. The second-order valence-corrected chi connectivity index (χ2v) is 7.80. The zero-order valence-electron chi connectivity index (χ0n) is 15.7. The van der Waals surface area contributed by atoms with Crippen LogP contribution in [0.2, 0.25) is 5.02 Å². The molecule has 0 unspecified atom stereocenters. The Morgan fingerprint density at radius 2 is 1.83 bits per heavy atom. The van der Waals surface area contributed by atoms with Crippen molar-refractivity contribution in [3.05, 3.63) is 92.2 Å². The Labute approximate surface area is 185 Å². The standard InChI is InChI=1S/C23H15BrClNO4/c1-29-21-12-15(26-22(27)18-11-14(24)6-9-19(18)25)7-8-16(21)17-10-13-4-2-3-5-20(13)30-23(17)28/h2-12H,1H3,(H,26,27). The largest absolute Gasteiger partial charge is 0.496 e. The average molecular weight is 485 g/mol. The number of fused-ring (bicyclic) bond motifs is 1. The molecule has 0 saturated carbocycles. The minimum Gasteiger partial charge on any atom is -0.496 e. The van der Waals surface area contributed by atoms with Crippen molar-refractivity contribution in [2.45, 2.75) is 0 Å². The molecule has 0 aliphatic heterocycles. The molecule has 1 aromatic heterocycles. The summed E-state index contributed by atoms with van der Waals surface area (Å²) in [5.74, 6) is 0.0667. The summed E-state index contributed by atoms with van der Waals surface area (Å²) in [6.45, 7) is 0. The molecular formula is C23H15BrClNO4.